The molecule has 0 saturated heterocycles. The Bertz CT molecular complexity index is 374. The standard InChI is InChI=1S/C13H19F3N2O/c1-3-12(19-2)11(18-17)8-9-4-6-10(7-5-9)13(14,15)16/h4-7,11-12,18H,3,8,17H2,1-2H3. The van der Waals surface area contributed by atoms with E-state index < -0.39 is 11.7 Å². The van der Waals surface area contributed by atoms with Crippen LogP contribution in [0.1, 0.15) is 24.5 Å². The second-order valence-electron chi connectivity index (χ2n) is 4.35. The predicted molar refractivity (Wildman–Crippen MR) is 67.3 cm³/mol. The third-order valence-electron chi connectivity index (χ3n) is 3.10. The van der Waals surface area contributed by atoms with Gasteiger partial charge in [-0.1, -0.05) is 19.1 Å². The Morgan fingerprint density at radius 2 is 1.84 bits per heavy atom. The van der Waals surface area contributed by atoms with Crippen LogP contribution < -0.4 is 11.3 Å². The molecule has 1 rings (SSSR count). The van der Waals surface area contributed by atoms with E-state index in [2.05, 4.69) is 5.43 Å². The number of hydrogen-bond donors (Lipinski definition) is 2. The van der Waals surface area contributed by atoms with Gasteiger partial charge < -0.3 is 4.74 Å². The second kappa shape index (κ2) is 6.88. The molecular formula is C13H19F3N2O. The highest BCUT2D eigenvalue weighted by atomic mass is 19.4. The van der Waals surface area contributed by atoms with Crippen molar-refractivity contribution in [1.29, 1.82) is 0 Å². The van der Waals surface area contributed by atoms with Gasteiger partial charge in [0.2, 0.25) is 0 Å². The molecule has 108 valence electrons. The first kappa shape index (κ1) is 15.9. The van der Waals surface area contributed by atoms with Crippen molar-refractivity contribution >= 4 is 0 Å². The number of hydrogen-bond acceptors (Lipinski definition) is 3. The number of halogens is 3. The van der Waals surface area contributed by atoms with E-state index in [9.17, 15) is 13.2 Å². The lowest BCUT2D eigenvalue weighted by molar-refractivity contribution is -0.137. The minimum absolute atomic E-state index is 0.0766. The normalized spacial score (nSPS) is 15.3. The van der Waals surface area contributed by atoms with Crippen LogP contribution in [0.25, 0.3) is 0 Å². The van der Waals surface area contributed by atoms with Crippen molar-refractivity contribution in [3.8, 4) is 0 Å². The van der Waals surface area contributed by atoms with Crippen LogP contribution in [-0.4, -0.2) is 19.3 Å². The van der Waals surface area contributed by atoms with Crippen molar-refractivity contribution in [1.82, 2.24) is 5.43 Å². The molecule has 1 aromatic carbocycles. The molecule has 0 aromatic heterocycles. The summed E-state index contributed by atoms with van der Waals surface area (Å²) in [4.78, 5) is 0. The number of hydrazine groups is 1. The number of ether oxygens (including phenoxy) is 1. The highest BCUT2D eigenvalue weighted by molar-refractivity contribution is 5.25. The molecule has 0 aliphatic carbocycles. The van der Waals surface area contributed by atoms with Gasteiger partial charge in [0.1, 0.15) is 0 Å². The van der Waals surface area contributed by atoms with Crippen LogP contribution in [0.2, 0.25) is 0 Å². The Labute approximate surface area is 110 Å². The van der Waals surface area contributed by atoms with E-state index in [0.717, 1.165) is 24.1 Å². The van der Waals surface area contributed by atoms with Gasteiger partial charge in [-0.3, -0.25) is 11.3 Å². The molecule has 3 N–H and O–H groups in total. The van der Waals surface area contributed by atoms with Gasteiger partial charge in [-0.2, -0.15) is 13.2 Å². The lowest BCUT2D eigenvalue weighted by Gasteiger charge is -2.24. The third-order valence-corrected chi connectivity index (χ3v) is 3.10. The fraction of sp³-hybridized carbons (Fsp3) is 0.538. The van der Waals surface area contributed by atoms with E-state index in [1.807, 2.05) is 6.92 Å². The van der Waals surface area contributed by atoms with Crippen molar-refractivity contribution in [2.45, 2.75) is 38.1 Å². The van der Waals surface area contributed by atoms with Gasteiger partial charge in [0.15, 0.2) is 0 Å². The van der Waals surface area contributed by atoms with Gasteiger partial charge in [-0.15, -0.1) is 0 Å². The summed E-state index contributed by atoms with van der Waals surface area (Å²) in [6.45, 7) is 1.96. The lowest BCUT2D eigenvalue weighted by Crippen LogP contribution is -2.46. The summed E-state index contributed by atoms with van der Waals surface area (Å²) in [7, 11) is 1.59. The summed E-state index contributed by atoms with van der Waals surface area (Å²) in [6.07, 6.45) is -3.09. The average molecular weight is 276 g/mol. The minimum Gasteiger partial charge on any atom is -0.380 e. The fourth-order valence-electron chi connectivity index (χ4n) is 2.00. The van der Waals surface area contributed by atoms with Crippen LogP contribution >= 0.6 is 0 Å². The molecule has 3 nitrogen and oxygen atoms in total. The topological polar surface area (TPSA) is 47.3 Å². The molecule has 0 saturated carbocycles. The number of benzene rings is 1. The van der Waals surface area contributed by atoms with Crippen LogP contribution in [0.4, 0.5) is 13.2 Å². The van der Waals surface area contributed by atoms with Gasteiger partial charge in [-0.05, 0) is 30.5 Å². The van der Waals surface area contributed by atoms with Gasteiger partial charge in [0, 0.05) is 7.11 Å². The number of nitrogens with one attached hydrogen (secondary N) is 1. The smallest absolute Gasteiger partial charge is 0.380 e. The van der Waals surface area contributed by atoms with Crippen molar-refractivity contribution in [3.63, 3.8) is 0 Å². The molecule has 0 amide bonds. The Hall–Kier alpha value is -1.11. The van der Waals surface area contributed by atoms with E-state index >= 15 is 0 Å². The van der Waals surface area contributed by atoms with Gasteiger partial charge in [0.05, 0.1) is 17.7 Å². The Morgan fingerprint density at radius 3 is 2.21 bits per heavy atom. The number of methoxy groups -OCH3 is 1. The summed E-state index contributed by atoms with van der Waals surface area (Å²) in [5.74, 6) is 5.46. The quantitative estimate of drug-likeness (QED) is 0.620. The van der Waals surface area contributed by atoms with Crippen molar-refractivity contribution < 1.29 is 17.9 Å². The molecule has 0 fully saturated rings. The number of rotatable bonds is 6. The Balaban J connectivity index is 2.76. The van der Waals surface area contributed by atoms with E-state index in [0.29, 0.717) is 6.42 Å². The van der Waals surface area contributed by atoms with E-state index in [-0.39, 0.29) is 12.1 Å². The molecule has 0 radical (unpaired) electrons. The predicted octanol–water partition coefficient (Wildman–Crippen LogP) is 2.50. The van der Waals surface area contributed by atoms with Crippen molar-refractivity contribution in [2.75, 3.05) is 7.11 Å². The van der Waals surface area contributed by atoms with Crippen LogP contribution in [0.15, 0.2) is 24.3 Å². The maximum Gasteiger partial charge on any atom is 0.416 e. The van der Waals surface area contributed by atoms with Crippen LogP contribution in [0.5, 0.6) is 0 Å². The monoisotopic (exact) mass is 276 g/mol. The van der Waals surface area contributed by atoms with Crippen molar-refractivity contribution in [2.24, 2.45) is 5.84 Å². The maximum absolute atomic E-state index is 12.4. The molecule has 0 aliphatic heterocycles. The van der Waals surface area contributed by atoms with E-state index in [1.54, 1.807) is 7.11 Å². The summed E-state index contributed by atoms with van der Waals surface area (Å²) in [5.41, 5.74) is 2.79. The summed E-state index contributed by atoms with van der Waals surface area (Å²) < 4.78 is 42.6. The molecule has 2 unspecified atom stereocenters. The first-order chi connectivity index (χ1) is 8.92. The first-order valence-electron chi connectivity index (χ1n) is 6.07. The zero-order chi connectivity index (χ0) is 14.5. The van der Waals surface area contributed by atoms with Gasteiger partial charge >= 0.3 is 6.18 Å². The number of alkyl halides is 3. The molecule has 0 spiro atoms. The van der Waals surface area contributed by atoms with Gasteiger partial charge in [0.25, 0.3) is 0 Å². The molecule has 0 bridgehead atoms. The molecule has 6 heteroatoms. The maximum atomic E-state index is 12.4. The third kappa shape index (κ3) is 4.49. The highest BCUT2D eigenvalue weighted by Crippen LogP contribution is 2.29. The Kier molecular flexibility index (Phi) is 5.78. The zero-order valence-electron chi connectivity index (χ0n) is 11.0. The molecule has 0 heterocycles. The second-order valence-corrected chi connectivity index (χ2v) is 4.35. The molecule has 1 aromatic rings. The summed E-state index contributed by atoms with van der Waals surface area (Å²) in [6, 6.07) is 4.96. The highest BCUT2D eigenvalue weighted by Gasteiger charge is 2.30. The summed E-state index contributed by atoms with van der Waals surface area (Å²) in [5, 5.41) is 0. The van der Waals surface area contributed by atoms with Crippen molar-refractivity contribution in [3.05, 3.63) is 35.4 Å². The molecular weight excluding hydrogens is 257 g/mol. The average Bonchev–Trinajstić information content (AvgIpc) is 2.38. The first-order valence-corrected chi connectivity index (χ1v) is 6.07. The lowest BCUT2D eigenvalue weighted by atomic mass is 9.99. The minimum atomic E-state index is -4.30. The fourth-order valence-corrected chi connectivity index (χ4v) is 2.00. The zero-order valence-corrected chi connectivity index (χ0v) is 11.0. The SMILES string of the molecule is CCC(OC)C(Cc1ccc(C(F)(F)F)cc1)NN. The Morgan fingerprint density at radius 1 is 1.26 bits per heavy atom. The molecule has 19 heavy (non-hydrogen) atoms. The molecule has 0 aliphatic rings. The van der Waals surface area contributed by atoms with E-state index in [4.69, 9.17) is 10.6 Å². The van der Waals surface area contributed by atoms with Crippen LogP contribution in [-0.2, 0) is 17.3 Å². The largest absolute Gasteiger partial charge is 0.416 e. The number of nitrogens with two attached hydrogens (primary N) is 1. The van der Waals surface area contributed by atoms with Gasteiger partial charge in [-0.25, -0.2) is 0 Å². The summed E-state index contributed by atoms with van der Waals surface area (Å²) >= 11 is 0. The van der Waals surface area contributed by atoms with Crippen LogP contribution in [0.3, 0.4) is 0 Å². The molecule has 2 atom stereocenters. The van der Waals surface area contributed by atoms with Crippen LogP contribution in [0, 0.1) is 0 Å². The van der Waals surface area contributed by atoms with E-state index in [1.165, 1.54) is 12.1 Å².